The summed E-state index contributed by atoms with van der Waals surface area (Å²) in [7, 11) is -2.20. The Morgan fingerprint density at radius 1 is 1.21 bits per heavy atom. The number of pyridine rings is 1. The molecule has 1 aliphatic heterocycles. The second kappa shape index (κ2) is 11.7. The van der Waals surface area contributed by atoms with Gasteiger partial charge in [-0.05, 0) is 37.6 Å². The second-order valence-corrected chi connectivity index (χ2v) is 12.4. The minimum atomic E-state index is -3.85. The topological polar surface area (TPSA) is 161 Å². The highest BCUT2D eigenvalue weighted by atomic mass is 35.5. The third kappa shape index (κ3) is 6.67. The van der Waals surface area contributed by atoms with Gasteiger partial charge in [0.25, 0.3) is 11.5 Å². The van der Waals surface area contributed by atoms with Gasteiger partial charge < -0.3 is 15.0 Å². The largest absolute Gasteiger partial charge is 0.458 e. The van der Waals surface area contributed by atoms with Gasteiger partial charge in [-0.3, -0.25) is 14.2 Å². The van der Waals surface area contributed by atoms with Gasteiger partial charge in [0.15, 0.2) is 11.5 Å². The molecule has 1 saturated heterocycles. The van der Waals surface area contributed by atoms with Crippen molar-refractivity contribution in [2.75, 3.05) is 29.6 Å². The van der Waals surface area contributed by atoms with Crippen LogP contribution in [0.5, 0.6) is 6.01 Å². The molecule has 2 atom stereocenters. The predicted molar refractivity (Wildman–Crippen MR) is 159 cm³/mol. The van der Waals surface area contributed by atoms with E-state index in [1.807, 2.05) is 29.5 Å². The summed E-state index contributed by atoms with van der Waals surface area (Å²) in [6.45, 7) is 4.62. The Bertz CT molecular complexity index is 1890. The van der Waals surface area contributed by atoms with Crippen LogP contribution in [0.2, 0.25) is 5.15 Å². The van der Waals surface area contributed by atoms with Gasteiger partial charge in [-0.2, -0.15) is 0 Å². The average molecular weight is 631 g/mol. The van der Waals surface area contributed by atoms with Crippen LogP contribution in [0.25, 0.3) is 10.9 Å². The molecule has 4 heterocycles. The lowest BCUT2D eigenvalue weighted by atomic mass is 10.0. The quantitative estimate of drug-likeness (QED) is 0.275. The minimum absolute atomic E-state index is 0.00607. The average Bonchev–Trinajstić information content (AvgIpc) is 3.40. The van der Waals surface area contributed by atoms with Crippen molar-refractivity contribution in [1.82, 2.24) is 29.2 Å². The van der Waals surface area contributed by atoms with E-state index in [0.717, 1.165) is 24.2 Å². The first-order valence-electron chi connectivity index (χ1n) is 13.1. The van der Waals surface area contributed by atoms with Crippen LogP contribution in [0.4, 0.5) is 16.0 Å². The molecule has 13 nitrogen and oxygen atoms in total. The first-order chi connectivity index (χ1) is 20.3. The standard InChI is InChI=1S/C27H28ClFN8O5S/c1-14-9-18(15(2)32-20-5-6-21(28)33-23(20)24(38)35-43(4,40)41)22-19(10-14)25(39)36(3)27(34-22)37-8-7-17(13-37)42-26-30-11-16(29)12-31-26/h5-6,9-12,15,17,32H,7-8,13H2,1-4H3,(H,35,38)/t15-,17+/m1/s1. The van der Waals surface area contributed by atoms with Crippen LogP contribution in [0.1, 0.15) is 41.0 Å². The van der Waals surface area contributed by atoms with Crippen LogP contribution in [0, 0.1) is 12.7 Å². The number of nitrogens with one attached hydrogen (secondary N) is 2. The number of carbonyl (C=O) groups excluding carboxylic acids is 1. The molecule has 0 aliphatic carbocycles. The van der Waals surface area contributed by atoms with Crippen molar-refractivity contribution in [1.29, 1.82) is 0 Å². The Morgan fingerprint density at radius 2 is 1.93 bits per heavy atom. The van der Waals surface area contributed by atoms with E-state index in [9.17, 15) is 22.4 Å². The molecule has 0 saturated carbocycles. The molecule has 0 spiro atoms. The molecule has 0 unspecified atom stereocenters. The first kappa shape index (κ1) is 30.1. The van der Waals surface area contributed by atoms with Gasteiger partial charge in [0.2, 0.25) is 16.0 Å². The third-order valence-electron chi connectivity index (χ3n) is 6.82. The monoisotopic (exact) mass is 630 g/mol. The molecule has 3 aromatic heterocycles. The minimum Gasteiger partial charge on any atom is -0.458 e. The second-order valence-electron chi connectivity index (χ2n) is 10.3. The zero-order valence-electron chi connectivity index (χ0n) is 23.6. The fourth-order valence-corrected chi connectivity index (χ4v) is 5.50. The van der Waals surface area contributed by atoms with E-state index in [1.54, 1.807) is 13.1 Å². The summed E-state index contributed by atoms with van der Waals surface area (Å²) in [5, 5.41) is 3.62. The van der Waals surface area contributed by atoms with Gasteiger partial charge in [0.05, 0.1) is 47.8 Å². The number of rotatable bonds is 8. The van der Waals surface area contributed by atoms with E-state index >= 15 is 0 Å². The van der Waals surface area contributed by atoms with Crippen molar-refractivity contribution in [3.63, 3.8) is 0 Å². The lowest BCUT2D eigenvalue weighted by Gasteiger charge is -2.23. The van der Waals surface area contributed by atoms with Crippen molar-refractivity contribution in [3.05, 3.63) is 74.8 Å². The van der Waals surface area contributed by atoms with Crippen molar-refractivity contribution in [2.45, 2.75) is 32.4 Å². The third-order valence-corrected chi connectivity index (χ3v) is 7.59. The lowest BCUT2D eigenvalue weighted by Crippen LogP contribution is -2.32. The predicted octanol–water partition coefficient (Wildman–Crippen LogP) is 2.74. The zero-order valence-corrected chi connectivity index (χ0v) is 25.2. The van der Waals surface area contributed by atoms with E-state index in [4.69, 9.17) is 21.3 Å². The van der Waals surface area contributed by atoms with Gasteiger partial charge >= 0.3 is 6.01 Å². The maximum atomic E-state index is 13.6. The van der Waals surface area contributed by atoms with Gasteiger partial charge in [-0.1, -0.05) is 17.7 Å². The van der Waals surface area contributed by atoms with Crippen LogP contribution in [-0.2, 0) is 17.1 Å². The molecule has 43 heavy (non-hydrogen) atoms. The fourth-order valence-electron chi connectivity index (χ4n) is 4.92. The number of aryl methyl sites for hydroxylation is 1. The molecule has 0 bridgehead atoms. The summed E-state index contributed by atoms with van der Waals surface area (Å²) in [5.41, 5.74) is 1.73. The number of halogens is 2. The van der Waals surface area contributed by atoms with E-state index < -0.39 is 27.8 Å². The fraction of sp³-hybridized carbons (Fsp3) is 0.333. The summed E-state index contributed by atoms with van der Waals surface area (Å²) in [6.07, 6.45) is 3.23. The molecule has 226 valence electrons. The number of hydrogen-bond acceptors (Lipinski definition) is 11. The maximum Gasteiger partial charge on any atom is 0.316 e. The molecular weight excluding hydrogens is 603 g/mol. The number of benzene rings is 1. The van der Waals surface area contributed by atoms with E-state index in [1.165, 1.54) is 16.7 Å². The van der Waals surface area contributed by atoms with Crippen molar-refractivity contribution >= 4 is 50.1 Å². The Labute approximate surface area is 251 Å². The maximum absolute atomic E-state index is 13.6. The molecule has 1 aromatic carbocycles. The van der Waals surface area contributed by atoms with Crippen LogP contribution in [0.3, 0.4) is 0 Å². The number of aromatic nitrogens is 5. The van der Waals surface area contributed by atoms with E-state index in [0.29, 0.717) is 41.9 Å². The van der Waals surface area contributed by atoms with Crippen molar-refractivity contribution < 1.29 is 22.3 Å². The number of fused-ring (bicyclic) bond motifs is 1. The number of amides is 1. The number of anilines is 2. The normalized spacial score (nSPS) is 15.9. The molecule has 1 amide bonds. The van der Waals surface area contributed by atoms with Gasteiger partial charge in [0.1, 0.15) is 11.3 Å². The van der Waals surface area contributed by atoms with Crippen LogP contribution in [-0.4, -0.2) is 64.3 Å². The van der Waals surface area contributed by atoms with Gasteiger partial charge in [-0.25, -0.2) is 37.5 Å². The molecule has 1 aliphatic rings. The van der Waals surface area contributed by atoms with Crippen LogP contribution >= 0.6 is 11.6 Å². The number of carbonyl (C=O) groups is 1. The van der Waals surface area contributed by atoms with Crippen molar-refractivity contribution in [3.8, 4) is 6.01 Å². The van der Waals surface area contributed by atoms with Gasteiger partial charge in [0, 0.05) is 25.6 Å². The molecule has 0 radical (unpaired) electrons. The smallest absolute Gasteiger partial charge is 0.316 e. The number of ether oxygens (including phenoxy) is 1. The van der Waals surface area contributed by atoms with Crippen LogP contribution in [0.15, 0.2) is 41.5 Å². The Kier molecular flexibility index (Phi) is 8.21. The molecular formula is C27H28ClFN8O5S. The highest BCUT2D eigenvalue weighted by Crippen LogP contribution is 2.30. The summed E-state index contributed by atoms with van der Waals surface area (Å²) in [6, 6.07) is 6.20. The molecule has 16 heteroatoms. The summed E-state index contributed by atoms with van der Waals surface area (Å²) in [5.74, 6) is -1.08. The number of hydrogen-bond donors (Lipinski definition) is 2. The molecule has 5 rings (SSSR count). The Hall–Kier alpha value is -4.37. The summed E-state index contributed by atoms with van der Waals surface area (Å²) < 4.78 is 45.7. The highest BCUT2D eigenvalue weighted by Gasteiger charge is 2.29. The number of sulfonamides is 1. The summed E-state index contributed by atoms with van der Waals surface area (Å²) >= 11 is 6.01. The molecule has 4 aromatic rings. The van der Waals surface area contributed by atoms with Crippen molar-refractivity contribution in [2.24, 2.45) is 7.05 Å². The van der Waals surface area contributed by atoms with E-state index in [2.05, 4.69) is 20.3 Å². The lowest BCUT2D eigenvalue weighted by molar-refractivity contribution is 0.0977. The zero-order chi connectivity index (χ0) is 31.1. The van der Waals surface area contributed by atoms with Crippen LogP contribution < -0.4 is 25.2 Å². The molecule has 1 fully saturated rings. The Morgan fingerprint density at radius 3 is 2.63 bits per heavy atom. The Balaban J connectivity index is 1.48. The highest BCUT2D eigenvalue weighted by molar-refractivity contribution is 7.89. The molecule has 2 N–H and O–H groups in total. The summed E-state index contributed by atoms with van der Waals surface area (Å²) in [4.78, 5) is 44.8. The number of nitrogens with zero attached hydrogens (tertiary/aromatic N) is 6. The first-order valence-corrected chi connectivity index (χ1v) is 15.4. The van der Waals surface area contributed by atoms with Gasteiger partial charge in [-0.15, -0.1) is 0 Å². The SMILES string of the molecule is Cc1cc([C@@H](C)Nc2ccc(Cl)nc2C(=O)NS(C)(=O)=O)c2nc(N3CC[C@H](Oc4ncc(F)cn4)C3)n(C)c(=O)c2c1. The van der Waals surface area contributed by atoms with E-state index in [-0.39, 0.29) is 34.2 Å².